The minimum absolute atomic E-state index is 0.0699. The number of amides is 2. The van der Waals surface area contributed by atoms with E-state index >= 15 is 0 Å². The average molecular weight is 281 g/mol. The van der Waals surface area contributed by atoms with Gasteiger partial charge in [0.1, 0.15) is 6.04 Å². The molecular weight excluding hydrogens is 262 g/mol. The van der Waals surface area contributed by atoms with Gasteiger partial charge in [-0.3, -0.25) is 9.59 Å². The predicted octanol–water partition coefficient (Wildman–Crippen LogP) is 0.0991. The Hall–Kier alpha value is -2.31. The van der Waals surface area contributed by atoms with E-state index in [1.807, 2.05) is 0 Å². The molecule has 0 aromatic carbocycles. The van der Waals surface area contributed by atoms with Gasteiger partial charge in [-0.2, -0.15) is 0 Å². The van der Waals surface area contributed by atoms with Crippen molar-refractivity contribution >= 4 is 12.0 Å². The van der Waals surface area contributed by atoms with Gasteiger partial charge in [0.2, 0.25) is 11.5 Å². The fourth-order valence-corrected chi connectivity index (χ4v) is 1.56. The van der Waals surface area contributed by atoms with Crippen molar-refractivity contribution in [3.05, 3.63) is 34.7 Å². The first-order valence-electron chi connectivity index (χ1n) is 6.32. The number of pyridine rings is 1. The lowest BCUT2D eigenvalue weighted by molar-refractivity contribution is -0.122. The molecule has 2 N–H and O–H groups in total. The smallest absolute Gasteiger partial charge is 0.407 e. The Labute approximate surface area is 116 Å². The standard InChI is InChI=1S/C13H19N3O4/c1-10(15-13(19)20-2)12(18)14-7-5-9-16-8-4-3-6-11(16)17/h3-4,6,8,10H,5,7,9H2,1-2H3,(H,14,18)(H,15,19). The van der Waals surface area contributed by atoms with E-state index in [1.54, 1.807) is 29.8 Å². The van der Waals surface area contributed by atoms with Crippen LogP contribution in [-0.4, -0.2) is 36.3 Å². The summed E-state index contributed by atoms with van der Waals surface area (Å²) in [6.07, 6.45) is 1.68. The van der Waals surface area contributed by atoms with E-state index < -0.39 is 12.1 Å². The Morgan fingerprint density at radius 2 is 2.15 bits per heavy atom. The predicted molar refractivity (Wildman–Crippen MR) is 73.3 cm³/mol. The zero-order valence-electron chi connectivity index (χ0n) is 11.6. The van der Waals surface area contributed by atoms with Crippen molar-refractivity contribution in [1.29, 1.82) is 0 Å². The summed E-state index contributed by atoms with van der Waals surface area (Å²) >= 11 is 0. The maximum absolute atomic E-state index is 11.6. The molecule has 110 valence electrons. The normalized spacial score (nSPS) is 11.5. The third kappa shape index (κ3) is 5.13. The fraction of sp³-hybridized carbons (Fsp3) is 0.462. The summed E-state index contributed by atoms with van der Waals surface area (Å²) in [6.45, 7) is 2.51. The molecule has 1 rings (SSSR count). The molecule has 0 aliphatic rings. The molecule has 2 amide bonds. The van der Waals surface area contributed by atoms with Gasteiger partial charge < -0.3 is 19.9 Å². The molecule has 1 aromatic rings. The lowest BCUT2D eigenvalue weighted by Crippen LogP contribution is -2.45. The highest BCUT2D eigenvalue weighted by Gasteiger charge is 2.14. The van der Waals surface area contributed by atoms with Crippen LogP contribution in [-0.2, 0) is 16.1 Å². The molecule has 1 unspecified atom stereocenters. The summed E-state index contributed by atoms with van der Waals surface area (Å²) < 4.78 is 5.97. The van der Waals surface area contributed by atoms with Crippen LogP contribution in [0.1, 0.15) is 13.3 Å². The number of methoxy groups -OCH3 is 1. The first-order valence-corrected chi connectivity index (χ1v) is 6.32. The van der Waals surface area contributed by atoms with E-state index in [2.05, 4.69) is 15.4 Å². The molecule has 0 radical (unpaired) electrons. The topological polar surface area (TPSA) is 89.4 Å². The van der Waals surface area contributed by atoms with Crippen molar-refractivity contribution in [2.45, 2.75) is 25.9 Å². The number of carbonyl (C=O) groups is 2. The molecule has 7 nitrogen and oxygen atoms in total. The number of nitrogens with one attached hydrogen (secondary N) is 2. The lowest BCUT2D eigenvalue weighted by atomic mass is 10.3. The van der Waals surface area contributed by atoms with Gasteiger partial charge in [0, 0.05) is 25.4 Å². The van der Waals surface area contributed by atoms with Crippen molar-refractivity contribution < 1.29 is 14.3 Å². The number of nitrogens with zero attached hydrogens (tertiary/aromatic N) is 1. The van der Waals surface area contributed by atoms with Crippen molar-refractivity contribution in [2.24, 2.45) is 0 Å². The van der Waals surface area contributed by atoms with Crippen LogP contribution >= 0.6 is 0 Å². The average Bonchev–Trinajstić information content (AvgIpc) is 2.44. The van der Waals surface area contributed by atoms with Gasteiger partial charge in [0.05, 0.1) is 7.11 Å². The Bertz CT molecular complexity index is 512. The van der Waals surface area contributed by atoms with E-state index in [4.69, 9.17) is 0 Å². The third-order valence-electron chi connectivity index (χ3n) is 2.69. The molecule has 20 heavy (non-hydrogen) atoms. The fourth-order valence-electron chi connectivity index (χ4n) is 1.56. The highest BCUT2D eigenvalue weighted by atomic mass is 16.5. The molecule has 1 aromatic heterocycles. The SMILES string of the molecule is COC(=O)NC(C)C(=O)NCCCn1ccccc1=O. The summed E-state index contributed by atoms with van der Waals surface area (Å²) in [4.78, 5) is 34.0. The van der Waals surface area contributed by atoms with Gasteiger partial charge in [0.15, 0.2) is 0 Å². The van der Waals surface area contributed by atoms with Crippen molar-refractivity contribution in [3.63, 3.8) is 0 Å². The highest BCUT2D eigenvalue weighted by Crippen LogP contribution is 1.88. The van der Waals surface area contributed by atoms with Crippen LogP contribution in [0.3, 0.4) is 0 Å². The molecule has 0 fully saturated rings. The Kier molecular flexibility index (Phi) is 6.28. The van der Waals surface area contributed by atoms with Gasteiger partial charge in [-0.1, -0.05) is 6.07 Å². The number of aromatic nitrogens is 1. The molecular formula is C13H19N3O4. The second-order valence-electron chi connectivity index (χ2n) is 4.23. The van der Waals surface area contributed by atoms with Crippen molar-refractivity contribution in [2.75, 3.05) is 13.7 Å². The lowest BCUT2D eigenvalue weighted by Gasteiger charge is -2.13. The van der Waals surface area contributed by atoms with Gasteiger partial charge in [0.25, 0.3) is 0 Å². The molecule has 1 atom stereocenters. The second kappa shape index (κ2) is 7.98. The molecule has 7 heteroatoms. The number of carbonyl (C=O) groups excluding carboxylic acids is 2. The molecule has 0 saturated heterocycles. The summed E-state index contributed by atoms with van der Waals surface area (Å²) in [5.41, 5.74) is -0.0699. The van der Waals surface area contributed by atoms with E-state index in [9.17, 15) is 14.4 Å². The minimum Gasteiger partial charge on any atom is -0.453 e. The number of aryl methyl sites for hydroxylation is 1. The van der Waals surface area contributed by atoms with E-state index in [0.29, 0.717) is 19.5 Å². The first-order chi connectivity index (χ1) is 9.54. The van der Waals surface area contributed by atoms with E-state index in [1.165, 1.54) is 13.2 Å². The van der Waals surface area contributed by atoms with Crippen LogP contribution in [0.15, 0.2) is 29.2 Å². The van der Waals surface area contributed by atoms with Crippen LogP contribution in [0.4, 0.5) is 4.79 Å². The number of ether oxygens (including phenoxy) is 1. The molecule has 1 heterocycles. The van der Waals surface area contributed by atoms with Crippen LogP contribution in [0.25, 0.3) is 0 Å². The van der Waals surface area contributed by atoms with Crippen molar-refractivity contribution in [3.8, 4) is 0 Å². The third-order valence-corrected chi connectivity index (χ3v) is 2.69. The number of rotatable bonds is 6. The van der Waals surface area contributed by atoms with Crippen LogP contribution in [0, 0.1) is 0 Å². The first kappa shape index (κ1) is 15.7. The van der Waals surface area contributed by atoms with Gasteiger partial charge >= 0.3 is 6.09 Å². The number of hydrogen-bond donors (Lipinski definition) is 2. The summed E-state index contributed by atoms with van der Waals surface area (Å²) in [5, 5.41) is 5.05. The molecule has 0 aliphatic carbocycles. The zero-order chi connectivity index (χ0) is 15.0. The summed E-state index contributed by atoms with van der Waals surface area (Å²) in [6, 6.07) is 4.28. The van der Waals surface area contributed by atoms with Gasteiger partial charge in [-0.05, 0) is 19.4 Å². The maximum atomic E-state index is 11.6. The summed E-state index contributed by atoms with van der Waals surface area (Å²) in [5.74, 6) is -0.296. The van der Waals surface area contributed by atoms with E-state index in [-0.39, 0.29) is 11.5 Å². The molecule has 0 aliphatic heterocycles. The maximum Gasteiger partial charge on any atom is 0.407 e. The van der Waals surface area contributed by atoms with Crippen LogP contribution in [0.2, 0.25) is 0 Å². The zero-order valence-corrected chi connectivity index (χ0v) is 11.6. The van der Waals surface area contributed by atoms with E-state index in [0.717, 1.165) is 0 Å². The molecule has 0 bridgehead atoms. The monoisotopic (exact) mass is 281 g/mol. The van der Waals surface area contributed by atoms with Gasteiger partial charge in [-0.25, -0.2) is 4.79 Å². The van der Waals surface area contributed by atoms with Gasteiger partial charge in [-0.15, -0.1) is 0 Å². The minimum atomic E-state index is -0.665. The quantitative estimate of drug-likeness (QED) is 0.724. The molecule has 0 spiro atoms. The van der Waals surface area contributed by atoms with Crippen LogP contribution < -0.4 is 16.2 Å². The number of alkyl carbamates (subject to hydrolysis) is 1. The van der Waals surface area contributed by atoms with Crippen molar-refractivity contribution in [1.82, 2.24) is 15.2 Å². The highest BCUT2D eigenvalue weighted by molar-refractivity contribution is 5.85. The van der Waals surface area contributed by atoms with Crippen LogP contribution in [0.5, 0.6) is 0 Å². The Balaban J connectivity index is 2.27. The Morgan fingerprint density at radius 3 is 2.80 bits per heavy atom. The number of hydrogen-bond acceptors (Lipinski definition) is 4. The Morgan fingerprint density at radius 1 is 1.40 bits per heavy atom. The molecule has 0 saturated carbocycles. The largest absolute Gasteiger partial charge is 0.453 e. The second-order valence-corrected chi connectivity index (χ2v) is 4.23. The summed E-state index contributed by atoms with van der Waals surface area (Å²) in [7, 11) is 1.23.